The fourth-order valence-electron chi connectivity index (χ4n) is 0.683. The highest BCUT2D eigenvalue weighted by atomic mass is 28.4. The van der Waals surface area contributed by atoms with Gasteiger partial charge in [0.2, 0.25) is 0 Å². The lowest BCUT2D eigenvalue weighted by Crippen LogP contribution is -2.41. The summed E-state index contributed by atoms with van der Waals surface area (Å²) in [5, 5.41) is 0. The molecule has 64 valence electrons. The molecule has 0 fully saturated rings. The third-order valence-electron chi connectivity index (χ3n) is 1.37. The summed E-state index contributed by atoms with van der Waals surface area (Å²) >= 11 is 0. The van der Waals surface area contributed by atoms with Crippen molar-refractivity contribution in [2.24, 2.45) is 0 Å². The molecule has 0 spiro atoms. The Morgan fingerprint density at radius 1 is 1.00 bits per heavy atom. The van der Waals surface area contributed by atoms with E-state index in [1.165, 1.54) is 0 Å². The lowest BCUT2D eigenvalue weighted by molar-refractivity contribution is 0.125. The smallest absolute Gasteiger partial charge is 0.377 e. The molecule has 0 radical (unpaired) electrons. The van der Waals surface area contributed by atoms with Crippen LogP contribution in [-0.2, 0) is 13.3 Å². The summed E-state index contributed by atoms with van der Waals surface area (Å²) < 4.78 is 15.2. The number of rotatable bonds is 4. The van der Waals surface area contributed by atoms with E-state index in [4.69, 9.17) is 13.3 Å². The molecule has 3 N–H and O–H groups in total. The summed E-state index contributed by atoms with van der Waals surface area (Å²) in [4.78, 5) is 0. The van der Waals surface area contributed by atoms with Gasteiger partial charge in [0.05, 0.1) is 0 Å². The summed E-state index contributed by atoms with van der Waals surface area (Å²) in [6.45, 7) is 1.99. The van der Waals surface area contributed by atoms with E-state index in [2.05, 4.69) is 0 Å². The summed E-state index contributed by atoms with van der Waals surface area (Å²) in [5.74, 6) is 0. The maximum atomic E-state index is 5.08. The molecule has 0 aliphatic rings. The number of hydrogen-bond donors (Lipinski definition) is 1. The average Bonchev–Trinajstić information content (AvgIpc) is 1.95. The summed E-state index contributed by atoms with van der Waals surface area (Å²) in [5.41, 5.74) is 0. The van der Waals surface area contributed by atoms with Crippen LogP contribution >= 0.6 is 0 Å². The molecular formula is C5H17NO3Si. The van der Waals surface area contributed by atoms with E-state index in [1.54, 1.807) is 21.3 Å². The van der Waals surface area contributed by atoms with Crippen molar-refractivity contribution in [1.29, 1.82) is 0 Å². The normalized spacial score (nSPS) is 10.8. The van der Waals surface area contributed by atoms with Crippen LogP contribution < -0.4 is 6.15 Å². The molecule has 0 atom stereocenters. The van der Waals surface area contributed by atoms with E-state index >= 15 is 0 Å². The van der Waals surface area contributed by atoms with Crippen LogP contribution in [0.3, 0.4) is 0 Å². The Bertz CT molecular complexity index is 59.8. The molecule has 0 bridgehead atoms. The van der Waals surface area contributed by atoms with Gasteiger partial charge in [0.25, 0.3) is 0 Å². The largest absolute Gasteiger partial charge is 0.499 e. The molecule has 4 nitrogen and oxygen atoms in total. The van der Waals surface area contributed by atoms with Crippen LogP contribution in [0.15, 0.2) is 0 Å². The highest BCUT2D eigenvalue weighted by Gasteiger charge is 2.34. The van der Waals surface area contributed by atoms with Gasteiger partial charge >= 0.3 is 8.80 Å². The first-order chi connectivity index (χ1) is 4.24. The highest BCUT2D eigenvalue weighted by Crippen LogP contribution is 2.10. The molecule has 0 aliphatic carbocycles. The first kappa shape index (κ1) is 12.7. The zero-order valence-electron chi connectivity index (χ0n) is 7.14. The van der Waals surface area contributed by atoms with Gasteiger partial charge in [-0.1, -0.05) is 6.92 Å². The topological polar surface area (TPSA) is 62.7 Å². The Hall–Kier alpha value is 0.0569. The van der Waals surface area contributed by atoms with Gasteiger partial charge in [-0.15, -0.1) is 0 Å². The molecule has 0 heterocycles. The van der Waals surface area contributed by atoms with Crippen LogP contribution in [0.25, 0.3) is 0 Å². The maximum Gasteiger partial charge on any atom is 0.499 e. The summed E-state index contributed by atoms with van der Waals surface area (Å²) in [6.07, 6.45) is 0. The van der Waals surface area contributed by atoms with Crippen molar-refractivity contribution >= 4 is 8.80 Å². The standard InChI is InChI=1S/C5H14O3Si.H3N/c1-5-9(6-2,7-3)8-4;/h5H2,1-4H3;1H3. The Labute approximate surface area is 63.4 Å². The second-order valence-electron chi connectivity index (χ2n) is 1.65. The summed E-state index contributed by atoms with van der Waals surface area (Å²) in [6, 6.07) is 0.816. The van der Waals surface area contributed by atoms with Gasteiger partial charge in [0.1, 0.15) is 0 Å². The Morgan fingerprint density at radius 3 is 1.30 bits per heavy atom. The molecule has 0 amide bonds. The lowest BCUT2D eigenvalue weighted by atomic mass is 11.0. The van der Waals surface area contributed by atoms with E-state index in [0.717, 1.165) is 6.04 Å². The molecule has 0 saturated heterocycles. The predicted octanol–water partition coefficient (Wildman–Crippen LogP) is 1.05. The van der Waals surface area contributed by atoms with Gasteiger partial charge in [0.15, 0.2) is 0 Å². The number of hydrogen-bond acceptors (Lipinski definition) is 4. The molecule has 0 rings (SSSR count). The predicted molar refractivity (Wildman–Crippen MR) is 42.3 cm³/mol. The Balaban J connectivity index is 0. The lowest BCUT2D eigenvalue weighted by Gasteiger charge is -2.22. The van der Waals surface area contributed by atoms with Crippen LogP contribution in [0.4, 0.5) is 0 Å². The third kappa shape index (κ3) is 2.76. The highest BCUT2D eigenvalue weighted by molar-refractivity contribution is 6.60. The van der Waals surface area contributed by atoms with Crippen molar-refractivity contribution < 1.29 is 13.3 Å². The second kappa shape index (κ2) is 5.81. The maximum absolute atomic E-state index is 5.08. The molecule has 0 unspecified atom stereocenters. The molecule has 5 heteroatoms. The van der Waals surface area contributed by atoms with Gasteiger partial charge < -0.3 is 19.4 Å². The first-order valence-electron chi connectivity index (χ1n) is 2.90. The van der Waals surface area contributed by atoms with Crippen LogP contribution in [0.2, 0.25) is 6.04 Å². The van der Waals surface area contributed by atoms with E-state index in [1.807, 2.05) is 6.92 Å². The van der Waals surface area contributed by atoms with Gasteiger partial charge in [0, 0.05) is 27.4 Å². The van der Waals surface area contributed by atoms with E-state index in [-0.39, 0.29) is 6.15 Å². The molecular weight excluding hydrogens is 150 g/mol. The monoisotopic (exact) mass is 167 g/mol. The van der Waals surface area contributed by atoms with E-state index < -0.39 is 8.80 Å². The molecule has 0 aromatic heterocycles. The fourth-order valence-corrected chi connectivity index (χ4v) is 2.05. The van der Waals surface area contributed by atoms with E-state index in [0.29, 0.717) is 0 Å². The van der Waals surface area contributed by atoms with Crippen molar-refractivity contribution in [2.45, 2.75) is 13.0 Å². The van der Waals surface area contributed by atoms with Crippen molar-refractivity contribution in [2.75, 3.05) is 21.3 Å². The SMILES string of the molecule is CC[Si](OC)(OC)OC.N. The van der Waals surface area contributed by atoms with Gasteiger partial charge in [-0.2, -0.15) is 0 Å². The zero-order valence-corrected chi connectivity index (χ0v) is 8.14. The van der Waals surface area contributed by atoms with Crippen molar-refractivity contribution in [3.63, 3.8) is 0 Å². The minimum absolute atomic E-state index is 0. The van der Waals surface area contributed by atoms with Crippen LogP contribution in [0.5, 0.6) is 0 Å². The molecule has 0 aromatic rings. The van der Waals surface area contributed by atoms with Gasteiger partial charge in [-0.3, -0.25) is 0 Å². The fraction of sp³-hybridized carbons (Fsp3) is 1.00. The summed E-state index contributed by atoms with van der Waals surface area (Å²) in [7, 11) is 2.65. The molecule has 0 aliphatic heterocycles. The minimum Gasteiger partial charge on any atom is -0.377 e. The van der Waals surface area contributed by atoms with Crippen molar-refractivity contribution in [3.8, 4) is 0 Å². The van der Waals surface area contributed by atoms with Crippen LogP contribution in [0.1, 0.15) is 6.92 Å². The zero-order chi connectivity index (χ0) is 7.33. The quantitative estimate of drug-likeness (QED) is 0.636. The minimum atomic E-state index is -2.19. The van der Waals surface area contributed by atoms with Crippen molar-refractivity contribution in [3.05, 3.63) is 0 Å². The Morgan fingerprint density at radius 2 is 1.30 bits per heavy atom. The molecule has 10 heavy (non-hydrogen) atoms. The van der Waals surface area contributed by atoms with Crippen LogP contribution in [-0.4, -0.2) is 30.1 Å². The van der Waals surface area contributed by atoms with Gasteiger partial charge in [-0.25, -0.2) is 0 Å². The molecule has 0 aromatic carbocycles. The van der Waals surface area contributed by atoms with E-state index in [9.17, 15) is 0 Å². The first-order valence-corrected chi connectivity index (χ1v) is 4.83. The Kier molecular flexibility index (Phi) is 7.39. The third-order valence-corrected chi connectivity index (χ3v) is 4.10. The van der Waals surface area contributed by atoms with Gasteiger partial charge in [-0.05, 0) is 0 Å². The second-order valence-corrected chi connectivity index (χ2v) is 4.95. The van der Waals surface area contributed by atoms with Crippen LogP contribution in [0, 0.1) is 0 Å². The molecule has 0 saturated carbocycles. The van der Waals surface area contributed by atoms with Crippen molar-refractivity contribution in [1.82, 2.24) is 6.15 Å². The average molecular weight is 167 g/mol.